The van der Waals surface area contributed by atoms with E-state index in [1.54, 1.807) is 36.0 Å². The topological polar surface area (TPSA) is 66.5 Å². The molecule has 0 aromatic heterocycles. The fraction of sp³-hybridized carbons (Fsp3) is 0.269. The number of nitrogens with zero attached hydrogens (tertiary/aromatic N) is 1. The van der Waals surface area contributed by atoms with Crippen LogP contribution in [0, 0.1) is 6.92 Å². The lowest BCUT2D eigenvalue weighted by Gasteiger charge is -2.25. The van der Waals surface area contributed by atoms with Gasteiger partial charge in [0.05, 0.1) is 10.6 Å². The highest BCUT2D eigenvalue weighted by Gasteiger charge is 2.34. The van der Waals surface area contributed by atoms with Crippen molar-refractivity contribution in [2.45, 2.75) is 43.4 Å². The zero-order valence-electron chi connectivity index (χ0n) is 19.2. The fourth-order valence-electron chi connectivity index (χ4n) is 3.79. The monoisotopic (exact) mass is 480 g/mol. The number of amides is 1. The molecule has 4 rings (SSSR count). The van der Waals surface area contributed by atoms with E-state index < -0.39 is 10.0 Å². The number of aryl methyl sites for hydroxylation is 1. The van der Waals surface area contributed by atoms with E-state index in [0.29, 0.717) is 11.4 Å². The van der Waals surface area contributed by atoms with Crippen molar-refractivity contribution < 1.29 is 13.2 Å². The lowest BCUT2D eigenvalue weighted by atomic mass is 9.87. The van der Waals surface area contributed by atoms with Crippen molar-refractivity contribution in [2.24, 2.45) is 0 Å². The largest absolute Gasteiger partial charge is 0.295 e. The van der Waals surface area contributed by atoms with Gasteiger partial charge in [0.1, 0.15) is 5.37 Å². The first-order chi connectivity index (χ1) is 15.5. The van der Waals surface area contributed by atoms with Crippen molar-refractivity contribution in [3.63, 3.8) is 0 Å². The van der Waals surface area contributed by atoms with E-state index in [-0.39, 0.29) is 21.6 Å². The molecule has 0 bridgehead atoms. The van der Waals surface area contributed by atoms with Gasteiger partial charge in [0.2, 0.25) is 5.91 Å². The average molecular weight is 481 g/mol. The highest BCUT2D eigenvalue weighted by Crippen LogP contribution is 2.42. The summed E-state index contributed by atoms with van der Waals surface area (Å²) in [4.78, 5) is 14.6. The van der Waals surface area contributed by atoms with E-state index in [0.717, 1.165) is 22.4 Å². The molecular weight excluding hydrogens is 452 g/mol. The van der Waals surface area contributed by atoms with Crippen LogP contribution in [0.2, 0.25) is 0 Å². The number of thioether (sulfide) groups is 1. The molecule has 1 saturated heterocycles. The van der Waals surface area contributed by atoms with Crippen LogP contribution in [0.1, 0.15) is 42.8 Å². The smallest absolute Gasteiger partial charge is 0.261 e. The van der Waals surface area contributed by atoms with Crippen LogP contribution in [0.15, 0.2) is 77.7 Å². The molecule has 1 unspecified atom stereocenters. The van der Waals surface area contributed by atoms with Crippen LogP contribution in [-0.2, 0) is 20.2 Å². The minimum atomic E-state index is -3.69. The Balaban J connectivity index is 1.53. The van der Waals surface area contributed by atoms with E-state index >= 15 is 0 Å². The molecule has 1 aliphatic heterocycles. The van der Waals surface area contributed by atoms with E-state index in [2.05, 4.69) is 25.5 Å². The Kier molecular flexibility index (Phi) is 6.29. The summed E-state index contributed by atoms with van der Waals surface area (Å²) in [7, 11) is -3.69. The summed E-state index contributed by atoms with van der Waals surface area (Å²) in [5.74, 6) is 0.483. The van der Waals surface area contributed by atoms with Crippen molar-refractivity contribution in [2.75, 3.05) is 15.4 Å². The van der Waals surface area contributed by atoms with Gasteiger partial charge in [-0.05, 0) is 65.4 Å². The minimum Gasteiger partial charge on any atom is -0.295 e. The van der Waals surface area contributed by atoms with Crippen molar-refractivity contribution in [3.8, 4) is 0 Å². The molecule has 1 heterocycles. The van der Waals surface area contributed by atoms with Gasteiger partial charge in [0, 0.05) is 11.4 Å². The first-order valence-electron chi connectivity index (χ1n) is 10.8. The molecule has 1 aliphatic rings. The first kappa shape index (κ1) is 23.4. The lowest BCUT2D eigenvalue weighted by Crippen LogP contribution is -2.27. The molecule has 7 heteroatoms. The van der Waals surface area contributed by atoms with E-state index in [9.17, 15) is 13.2 Å². The van der Waals surface area contributed by atoms with Crippen LogP contribution in [0.5, 0.6) is 0 Å². The Hall–Kier alpha value is -2.77. The number of hydrogen-bond acceptors (Lipinski definition) is 4. The van der Waals surface area contributed by atoms with Crippen molar-refractivity contribution >= 4 is 39.1 Å². The van der Waals surface area contributed by atoms with Gasteiger partial charge in [0.15, 0.2) is 0 Å². The Labute approximate surface area is 200 Å². The molecule has 33 heavy (non-hydrogen) atoms. The Morgan fingerprint density at radius 1 is 0.970 bits per heavy atom. The molecule has 172 valence electrons. The quantitative estimate of drug-likeness (QED) is 0.496. The normalized spacial score (nSPS) is 16.8. The second-order valence-corrected chi connectivity index (χ2v) is 12.0. The second kappa shape index (κ2) is 8.88. The molecule has 0 aliphatic carbocycles. The Bertz CT molecular complexity index is 1260. The fourth-order valence-corrected chi connectivity index (χ4v) is 6.03. The highest BCUT2D eigenvalue weighted by atomic mass is 32.2. The van der Waals surface area contributed by atoms with Gasteiger partial charge in [-0.1, -0.05) is 57.2 Å². The van der Waals surface area contributed by atoms with Crippen LogP contribution in [0.3, 0.4) is 0 Å². The second-order valence-electron chi connectivity index (χ2n) is 9.27. The zero-order chi connectivity index (χ0) is 23.8. The van der Waals surface area contributed by atoms with E-state index in [4.69, 9.17) is 0 Å². The predicted molar refractivity (Wildman–Crippen MR) is 136 cm³/mol. The Morgan fingerprint density at radius 2 is 1.64 bits per heavy atom. The summed E-state index contributed by atoms with van der Waals surface area (Å²) >= 11 is 1.57. The summed E-state index contributed by atoms with van der Waals surface area (Å²) in [6.07, 6.45) is 0. The van der Waals surface area contributed by atoms with Crippen LogP contribution < -0.4 is 9.62 Å². The first-order valence-corrected chi connectivity index (χ1v) is 13.3. The molecule has 1 fully saturated rings. The lowest BCUT2D eigenvalue weighted by molar-refractivity contribution is -0.115. The number of rotatable bonds is 5. The van der Waals surface area contributed by atoms with Gasteiger partial charge in [0.25, 0.3) is 10.0 Å². The Morgan fingerprint density at radius 3 is 2.24 bits per heavy atom. The molecule has 3 aromatic carbocycles. The molecule has 0 radical (unpaired) electrons. The van der Waals surface area contributed by atoms with Gasteiger partial charge < -0.3 is 0 Å². The number of carbonyl (C=O) groups is 1. The third-order valence-corrected chi connectivity index (χ3v) is 8.24. The maximum atomic E-state index is 12.8. The summed E-state index contributed by atoms with van der Waals surface area (Å²) < 4.78 is 28.3. The van der Waals surface area contributed by atoms with E-state index in [1.807, 2.05) is 60.4 Å². The number of nitrogens with one attached hydrogen (secondary N) is 1. The summed E-state index contributed by atoms with van der Waals surface area (Å²) in [5, 5.41) is -0.144. The van der Waals surface area contributed by atoms with Gasteiger partial charge in [-0.15, -0.1) is 11.8 Å². The summed E-state index contributed by atoms with van der Waals surface area (Å²) in [5.41, 5.74) is 4.43. The number of carbonyl (C=O) groups excluding carboxylic acids is 1. The minimum absolute atomic E-state index is 0.0441. The van der Waals surface area contributed by atoms with Crippen LogP contribution in [0.4, 0.5) is 11.4 Å². The number of hydrogen-bond donors (Lipinski definition) is 1. The number of sulfonamides is 1. The number of benzene rings is 3. The molecule has 5 nitrogen and oxygen atoms in total. The van der Waals surface area contributed by atoms with Crippen molar-refractivity contribution in [1.82, 2.24) is 0 Å². The molecular formula is C26H28N2O3S2. The third-order valence-electron chi connectivity index (χ3n) is 5.63. The van der Waals surface area contributed by atoms with Gasteiger partial charge in [-0.3, -0.25) is 14.4 Å². The van der Waals surface area contributed by atoms with Crippen molar-refractivity contribution in [1.29, 1.82) is 0 Å². The predicted octanol–water partition coefficient (Wildman–Crippen LogP) is 5.87. The molecule has 1 atom stereocenters. The molecule has 3 aromatic rings. The summed E-state index contributed by atoms with van der Waals surface area (Å²) in [6, 6.07) is 22.1. The van der Waals surface area contributed by atoms with Crippen LogP contribution in [-0.4, -0.2) is 20.1 Å². The van der Waals surface area contributed by atoms with Gasteiger partial charge in [-0.25, -0.2) is 8.42 Å². The van der Waals surface area contributed by atoms with Crippen LogP contribution >= 0.6 is 11.8 Å². The van der Waals surface area contributed by atoms with Gasteiger partial charge >= 0.3 is 0 Å². The van der Waals surface area contributed by atoms with E-state index in [1.165, 1.54) is 0 Å². The maximum Gasteiger partial charge on any atom is 0.261 e. The molecule has 0 saturated carbocycles. The molecule has 1 amide bonds. The maximum absolute atomic E-state index is 12.8. The van der Waals surface area contributed by atoms with Gasteiger partial charge in [-0.2, -0.15) is 0 Å². The molecule has 1 N–H and O–H groups in total. The zero-order valence-corrected chi connectivity index (χ0v) is 20.8. The SMILES string of the molecule is Cc1cccc(N2C(=O)CSC2c2ccc(NS(=O)(=O)c3ccc(C(C)(C)C)cc3)cc2)c1. The van der Waals surface area contributed by atoms with Crippen molar-refractivity contribution in [3.05, 3.63) is 89.5 Å². The summed E-state index contributed by atoms with van der Waals surface area (Å²) in [6.45, 7) is 8.27. The molecule has 0 spiro atoms. The third kappa shape index (κ3) is 5.09. The average Bonchev–Trinajstić information content (AvgIpc) is 3.15. The highest BCUT2D eigenvalue weighted by molar-refractivity contribution is 8.00. The number of anilines is 2. The van der Waals surface area contributed by atoms with Crippen LogP contribution in [0.25, 0.3) is 0 Å². The standard InChI is InChI=1S/C26H28N2O3S2/c1-18-6-5-7-22(16-18)28-24(29)17-32-25(28)19-8-12-21(13-9-19)27-33(30,31)23-14-10-20(11-15-23)26(2,3)4/h5-16,25,27H,17H2,1-4H3.